The molecule has 2 nitrogen and oxygen atoms in total. The summed E-state index contributed by atoms with van der Waals surface area (Å²) in [7, 11) is 0. The number of fused-ring (bicyclic) bond motifs is 1. The van der Waals surface area contributed by atoms with Gasteiger partial charge in [0.25, 0.3) is 0 Å². The van der Waals surface area contributed by atoms with E-state index in [4.69, 9.17) is 4.74 Å². The molecule has 1 aliphatic heterocycles. The van der Waals surface area contributed by atoms with Crippen molar-refractivity contribution in [3.8, 4) is 16.9 Å². The molecule has 1 atom stereocenters. The summed E-state index contributed by atoms with van der Waals surface area (Å²) in [5.74, 6) is 0.765. The molecule has 0 aromatic heterocycles. The van der Waals surface area contributed by atoms with Crippen molar-refractivity contribution in [2.75, 3.05) is 13.2 Å². The zero-order chi connectivity index (χ0) is 15.5. The molecule has 0 fully saturated rings. The predicted molar refractivity (Wildman–Crippen MR) is 87.5 cm³/mol. The molecule has 3 rings (SSSR count). The second-order valence-corrected chi connectivity index (χ2v) is 5.96. The highest BCUT2D eigenvalue weighted by atomic mass is 19.1. The molecule has 22 heavy (non-hydrogen) atoms. The molecule has 2 aromatic rings. The number of rotatable bonds is 3. The highest BCUT2D eigenvalue weighted by molar-refractivity contribution is 5.65. The van der Waals surface area contributed by atoms with Crippen LogP contribution in [0.25, 0.3) is 11.1 Å². The molecule has 0 saturated carbocycles. The predicted octanol–water partition coefficient (Wildman–Crippen LogP) is 4.49. The molecule has 0 spiro atoms. The topological polar surface area (TPSA) is 12.5 Å². The molecular weight excluding hydrogens is 277 g/mol. The van der Waals surface area contributed by atoms with Crippen molar-refractivity contribution in [3.05, 3.63) is 53.8 Å². The summed E-state index contributed by atoms with van der Waals surface area (Å²) in [6.45, 7) is 7.11. The highest BCUT2D eigenvalue weighted by Gasteiger charge is 2.21. The van der Waals surface area contributed by atoms with Gasteiger partial charge < -0.3 is 4.74 Å². The Morgan fingerprint density at radius 2 is 1.86 bits per heavy atom. The lowest BCUT2D eigenvalue weighted by molar-refractivity contribution is 0.158. The standard InChI is InChI=1S/C19H22FNO/c1-3-10-21-12-17-11-16(15-4-7-18(20)8-5-15)6-9-19(17)22-13-14(21)2/h4-9,11,14H,3,10,12-13H2,1-2H3/t14-/m0/s1. The Labute approximate surface area is 131 Å². The number of halogens is 1. The van der Waals surface area contributed by atoms with Crippen LogP contribution in [0, 0.1) is 5.82 Å². The van der Waals surface area contributed by atoms with E-state index in [1.165, 1.54) is 17.7 Å². The summed E-state index contributed by atoms with van der Waals surface area (Å²) < 4.78 is 19.0. The van der Waals surface area contributed by atoms with Crippen LogP contribution in [0.3, 0.4) is 0 Å². The van der Waals surface area contributed by atoms with Gasteiger partial charge in [-0.15, -0.1) is 0 Å². The van der Waals surface area contributed by atoms with Crippen LogP contribution in [0.15, 0.2) is 42.5 Å². The van der Waals surface area contributed by atoms with Crippen LogP contribution >= 0.6 is 0 Å². The van der Waals surface area contributed by atoms with Gasteiger partial charge in [-0.3, -0.25) is 4.90 Å². The first-order valence-corrected chi connectivity index (χ1v) is 7.93. The normalized spacial score (nSPS) is 18.4. The van der Waals surface area contributed by atoms with Crippen molar-refractivity contribution in [2.45, 2.75) is 32.9 Å². The molecule has 0 amide bonds. The average molecular weight is 299 g/mol. The molecule has 116 valence electrons. The van der Waals surface area contributed by atoms with Crippen molar-refractivity contribution in [1.82, 2.24) is 4.90 Å². The van der Waals surface area contributed by atoms with E-state index in [1.807, 2.05) is 24.3 Å². The summed E-state index contributed by atoms with van der Waals surface area (Å²) >= 11 is 0. The minimum Gasteiger partial charge on any atom is -0.492 e. The molecule has 1 heterocycles. The lowest BCUT2D eigenvalue weighted by Gasteiger charge is -2.25. The van der Waals surface area contributed by atoms with E-state index >= 15 is 0 Å². The molecule has 3 heteroatoms. The SMILES string of the molecule is CCCN1Cc2cc(-c3ccc(F)cc3)ccc2OC[C@@H]1C. The largest absolute Gasteiger partial charge is 0.492 e. The summed E-state index contributed by atoms with van der Waals surface area (Å²) in [5.41, 5.74) is 3.34. The van der Waals surface area contributed by atoms with Gasteiger partial charge in [-0.05, 0) is 55.3 Å². The van der Waals surface area contributed by atoms with Crippen LogP contribution in [-0.4, -0.2) is 24.1 Å². The van der Waals surface area contributed by atoms with Gasteiger partial charge in [0.05, 0.1) is 0 Å². The lowest BCUT2D eigenvalue weighted by atomic mass is 10.0. The van der Waals surface area contributed by atoms with E-state index in [-0.39, 0.29) is 5.82 Å². The van der Waals surface area contributed by atoms with Gasteiger partial charge in [0.1, 0.15) is 18.2 Å². The Balaban J connectivity index is 1.92. The molecule has 0 aliphatic carbocycles. The molecule has 1 aliphatic rings. The monoisotopic (exact) mass is 299 g/mol. The Morgan fingerprint density at radius 3 is 2.59 bits per heavy atom. The van der Waals surface area contributed by atoms with Crippen molar-refractivity contribution in [2.24, 2.45) is 0 Å². The van der Waals surface area contributed by atoms with Gasteiger partial charge in [0.15, 0.2) is 0 Å². The van der Waals surface area contributed by atoms with Crippen LogP contribution < -0.4 is 4.74 Å². The van der Waals surface area contributed by atoms with Crippen molar-refractivity contribution >= 4 is 0 Å². The second kappa shape index (κ2) is 6.49. The molecule has 0 unspecified atom stereocenters. The van der Waals surface area contributed by atoms with E-state index in [0.717, 1.165) is 43.0 Å². The maximum absolute atomic E-state index is 13.1. The van der Waals surface area contributed by atoms with E-state index in [2.05, 4.69) is 24.8 Å². The fraction of sp³-hybridized carbons (Fsp3) is 0.368. The summed E-state index contributed by atoms with van der Waals surface area (Å²) in [6.07, 6.45) is 1.14. The Hall–Kier alpha value is -1.87. The fourth-order valence-corrected chi connectivity index (χ4v) is 2.94. The van der Waals surface area contributed by atoms with Gasteiger partial charge in [0.2, 0.25) is 0 Å². The first kappa shape index (κ1) is 15.0. The molecule has 0 radical (unpaired) electrons. The van der Waals surface area contributed by atoms with E-state index in [0.29, 0.717) is 6.04 Å². The van der Waals surface area contributed by atoms with Crippen LogP contribution in [0.1, 0.15) is 25.8 Å². The quantitative estimate of drug-likeness (QED) is 0.828. The minimum atomic E-state index is -0.204. The first-order chi connectivity index (χ1) is 10.7. The molecule has 0 bridgehead atoms. The minimum absolute atomic E-state index is 0.204. The molecular formula is C19H22FNO. The zero-order valence-electron chi connectivity index (χ0n) is 13.2. The maximum atomic E-state index is 13.1. The smallest absolute Gasteiger partial charge is 0.123 e. The van der Waals surface area contributed by atoms with Crippen LogP contribution in [0.5, 0.6) is 5.75 Å². The molecule has 0 N–H and O–H groups in total. The Bertz CT molecular complexity index is 638. The third-order valence-corrected chi connectivity index (χ3v) is 4.23. The van der Waals surface area contributed by atoms with Gasteiger partial charge in [-0.1, -0.05) is 25.1 Å². The highest BCUT2D eigenvalue weighted by Crippen LogP contribution is 2.30. The molecule has 2 aromatic carbocycles. The van der Waals surface area contributed by atoms with Crippen molar-refractivity contribution in [1.29, 1.82) is 0 Å². The number of nitrogens with zero attached hydrogens (tertiary/aromatic N) is 1. The number of benzene rings is 2. The Kier molecular flexibility index (Phi) is 4.44. The van der Waals surface area contributed by atoms with Crippen LogP contribution in [-0.2, 0) is 6.54 Å². The average Bonchev–Trinajstić information content (AvgIpc) is 2.68. The van der Waals surface area contributed by atoms with Gasteiger partial charge >= 0.3 is 0 Å². The zero-order valence-corrected chi connectivity index (χ0v) is 13.2. The van der Waals surface area contributed by atoms with Crippen LogP contribution in [0.2, 0.25) is 0 Å². The van der Waals surface area contributed by atoms with E-state index in [1.54, 1.807) is 0 Å². The van der Waals surface area contributed by atoms with Crippen molar-refractivity contribution < 1.29 is 9.13 Å². The summed E-state index contributed by atoms with van der Waals surface area (Å²) in [4.78, 5) is 2.46. The molecule has 0 saturated heterocycles. The number of ether oxygens (including phenoxy) is 1. The van der Waals surface area contributed by atoms with E-state index in [9.17, 15) is 4.39 Å². The van der Waals surface area contributed by atoms with E-state index < -0.39 is 0 Å². The lowest BCUT2D eigenvalue weighted by Crippen LogP contribution is -2.35. The third-order valence-electron chi connectivity index (χ3n) is 4.23. The van der Waals surface area contributed by atoms with Gasteiger partial charge in [0, 0.05) is 18.2 Å². The number of hydrogen-bond donors (Lipinski definition) is 0. The maximum Gasteiger partial charge on any atom is 0.123 e. The number of hydrogen-bond acceptors (Lipinski definition) is 2. The van der Waals surface area contributed by atoms with Gasteiger partial charge in [-0.25, -0.2) is 4.39 Å². The summed E-state index contributed by atoms with van der Waals surface area (Å²) in [6, 6.07) is 13.3. The first-order valence-electron chi connectivity index (χ1n) is 7.93. The second-order valence-electron chi connectivity index (χ2n) is 5.96. The summed E-state index contributed by atoms with van der Waals surface area (Å²) in [5, 5.41) is 0. The van der Waals surface area contributed by atoms with Gasteiger partial charge in [-0.2, -0.15) is 0 Å². The fourth-order valence-electron chi connectivity index (χ4n) is 2.94. The van der Waals surface area contributed by atoms with Crippen molar-refractivity contribution in [3.63, 3.8) is 0 Å². The third kappa shape index (κ3) is 3.14. The Morgan fingerprint density at radius 1 is 1.14 bits per heavy atom. The van der Waals surface area contributed by atoms with Crippen LogP contribution in [0.4, 0.5) is 4.39 Å².